The van der Waals surface area contributed by atoms with Gasteiger partial charge in [-0.25, -0.2) is 0 Å². The zero-order chi connectivity index (χ0) is 30.9. The van der Waals surface area contributed by atoms with Crippen LogP contribution in [0, 0.1) is 5.92 Å². The van der Waals surface area contributed by atoms with Crippen molar-refractivity contribution in [2.45, 2.75) is 122 Å². The number of aldehydes is 1. The van der Waals surface area contributed by atoms with Crippen LogP contribution in [0.5, 0.6) is 0 Å². The van der Waals surface area contributed by atoms with Gasteiger partial charge in [0.05, 0.1) is 0 Å². The molecule has 10 nitrogen and oxygen atoms in total. The van der Waals surface area contributed by atoms with Gasteiger partial charge in [-0.15, -0.1) is 0 Å². The molecule has 2 fully saturated rings. The number of rotatable bonds is 11. The first-order chi connectivity index (χ1) is 19.6. The zero-order valence-electron chi connectivity index (χ0n) is 24.9. The van der Waals surface area contributed by atoms with Crippen molar-refractivity contribution in [3.8, 4) is 0 Å². The Labute approximate surface area is 245 Å². The second kappa shape index (κ2) is 24.9. The number of carbonyl (C=O) groups is 4. The minimum Gasteiger partial charge on any atom is -0.481 e. The first kappa shape index (κ1) is 38.2. The number of anilines is 1. The first-order valence-corrected chi connectivity index (χ1v) is 15.1. The fourth-order valence-electron chi connectivity index (χ4n) is 4.50. The summed E-state index contributed by atoms with van der Waals surface area (Å²) in [6.07, 6.45) is 17.4. The molecule has 0 radical (unpaired) electrons. The van der Waals surface area contributed by atoms with Gasteiger partial charge < -0.3 is 32.7 Å². The summed E-state index contributed by atoms with van der Waals surface area (Å²) >= 11 is 0. The molecule has 0 bridgehead atoms. The summed E-state index contributed by atoms with van der Waals surface area (Å²) in [7, 11) is 0. The highest BCUT2D eigenvalue weighted by Crippen LogP contribution is 2.25. The SMILES string of the molecule is CCCC(=O)Nc1ccc(C=O)cc1.NC1CCCCC1.NCCCCC(N)C(=O)O.O=C(O)CC1CCCCC1. The summed E-state index contributed by atoms with van der Waals surface area (Å²) in [6.45, 7) is 2.56. The Hall–Kier alpha value is -2.82. The monoisotopic (exact) mass is 578 g/mol. The van der Waals surface area contributed by atoms with Gasteiger partial charge >= 0.3 is 11.9 Å². The molecule has 2 saturated carbocycles. The van der Waals surface area contributed by atoms with Gasteiger partial charge in [0.2, 0.25) is 5.91 Å². The minimum atomic E-state index is -0.933. The van der Waals surface area contributed by atoms with Crippen molar-refractivity contribution in [1.82, 2.24) is 0 Å². The Morgan fingerprint density at radius 2 is 1.51 bits per heavy atom. The number of carbonyl (C=O) groups excluding carboxylic acids is 2. The van der Waals surface area contributed by atoms with Crippen molar-refractivity contribution in [2.75, 3.05) is 11.9 Å². The summed E-state index contributed by atoms with van der Waals surface area (Å²) in [5.74, 6) is -1.08. The number of nitrogens with two attached hydrogens (primary N) is 3. The molecule has 0 heterocycles. The first-order valence-electron chi connectivity index (χ1n) is 15.1. The molecule has 1 aromatic rings. The lowest BCUT2D eigenvalue weighted by atomic mass is 9.87. The van der Waals surface area contributed by atoms with Crippen molar-refractivity contribution in [3.05, 3.63) is 29.8 Å². The molecule has 0 spiro atoms. The second-order valence-corrected chi connectivity index (χ2v) is 10.8. The summed E-state index contributed by atoms with van der Waals surface area (Å²) < 4.78 is 0. The highest BCUT2D eigenvalue weighted by atomic mass is 16.4. The van der Waals surface area contributed by atoms with E-state index in [1.54, 1.807) is 24.3 Å². The van der Waals surface area contributed by atoms with Gasteiger partial charge in [0.1, 0.15) is 12.3 Å². The zero-order valence-corrected chi connectivity index (χ0v) is 24.9. The summed E-state index contributed by atoms with van der Waals surface area (Å²) in [6, 6.07) is 6.61. The molecule has 10 heteroatoms. The van der Waals surface area contributed by atoms with E-state index < -0.39 is 18.0 Å². The lowest BCUT2D eigenvalue weighted by molar-refractivity contribution is -0.139. The van der Waals surface area contributed by atoms with E-state index in [2.05, 4.69) is 5.32 Å². The van der Waals surface area contributed by atoms with E-state index in [0.717, 1.165) is 44.1 Å². The van der Waals surface area contributed by atoms with Crippen LogP contribution in [0.4, 0.5) is 5.69 Å². The number of benzene rings is 1. The number of carboxylic acid groups (broad SMARTS) is 2. The minimum absolute atomic E-state index is 0.00588. The maximum Gasteiger partial charge on any atom is 0.320 e. The molecule has 1 atom stereocenters. The number of carboxylic acids is 2. The average Bonchev–Trinajstić information content (AvgIpc) is 2.95. The Morgan fingerprint density at radius 3 is 1.93 bits per heavy atom. The predicted molar refractivity (Wildman–Crippen MR) is 164 cm³/mol. The van der Waals surface area contributed by atoms with E-state index >= 15 is 0 Å². The van der Waals surface area contributed by atoms with Crippen LogP contribution in [0.25, 0.3) is 0 Å². The lowest BCUT2D eigenvalue weighted by Gasteiger charge is -2.18. The van der Waals surface area contributed by atoms with E-state index in [0.29, 0.717) is 43.3 Å². The van der Waals surface area contributed by atoms with Gasteiger partial charge in [0, 0.05) is 30.1 Å². The molecule has 1 amide bonds. The Morgan fingerprint density at radius 1 is 0.951 bits per heavy atom. The number of hydrogen-bond acceptors (Lipinski definition) is 7. The topological polar surface area (TPSA) is 199 Å². The molecule has 2 aliphatic carbocycles. The number of hydrogen-bond donors (Lipinski definition) is 6. The van der Waals surface area contributed by atoms with E-state index in [1.807, 2.05) is 6.92 Å². The summed E-state index contributed by atoms with van der Waals surface area (Å²) in [5.41, 5.74) is 17.4. The van der Waals surface area contributed by atoms with E-state index in [9.17, 15) is 19.2 Å². The molecular weight excluding hydrogens is 524 g/mol. The maximum atomic E-state index is 11.2. The second-order valence-electron chi connectivity index (χ2n) is 10.8. The average molecular weight is 579 g/mol. The molecule has 3 rings (SSSR count). The fraction of sp³-hybridized carbons (Fsp3) is 0.677. The van der Waals surface area contributed by atoms with Crippen LogP contribution in [0.3, 0.4) is 0 Å². The molecule has 0 aliphatic heterocycles. The van der Waals surface area contributed by atoms with Gasteiger partial charge in [-0.1, -0.05) is 51.9 Å². The number of amides is 1. The Kier molecular flexibility index (Phi) is 23.2. The van der Waals surface area contributed by atoms with Crippen LogP contribution in [-0.4, -0.2) is 53.0 Å². The van der Waals surface area contributed by atoms with Crippen molar-refractivity contribution in [1.29, 1.82) is 0 Å². The molecular formula is C31H54N4O6. The van der Waals surface area contributed by atoms with Crippen LogP contribution in [0.1, 0.15) is 120 Å². The van der Waals surface area contributed by atoms with Crippen LogP contribution >= 0.6 is 0 Å². The predicted octanol–water partition coefficient (Wildman–Crippen LogP) is 5.08. The molecule has 1 unspecified atom stereocenters. The lowest BCUT2D eigenvalue weighted by Crippen LogP contribution is -2.29. The molecule has 0 aromatic heterocycles. The number of nitrogens with one attached hydrogen (secondary N) is 1. The third-order valence-corrected chi connectivity index (χ3v) is 6.93. The van der Waals surface area contributed by atoms with Crippen molar-refractivity contribution in [3.63, 3.8) is 0 Å². The van der Waals surface area contributed by atoms with Gasteiger partial charge in [-0.3, -0.25) is 19.2 Å². The van der Waals surface area contributed by atoms with Crippen LogP contribution in [0.2, 0.25) is 0 Å². The van der Waals surface area contributed by atoms with Gasteiger partial charge in [-0.05, 0) is 81.7 Å². The third-order valence-electron chi connectivity index (χ3n) is 6.93. The van der Waals surface area contributed by atoms with Crippen molar-refractivity contribution < 1.29 is 29.4 Å². The van der Waals surface area contributed by atoms with E-state index in [4.69, 9.17) is 27.4 Å². The van der Waals surface area contributed by atoms with Gasteiger partial charge in [-0.2, -0.15) is 0 Å². The maximum absolute atomic E-state index is 11.2. The van der Waals surface area contributed by atoms with Gasteiger partial charge in [0.25, 0.3) is 0 Å². The highest BCUT2D eigenvalue weighted by molar-refractivity contribution is 5.91. The molecule has 2 aliphatic rings. The Bertz CT molecular complexity index is 838. The smallest absolute Gasteiger partial charge is 0.320 e. The summed E-state index contributed by atoms with van der Waals surface area (Å²) in [4.78, 5) is 41.9. The quantitative estimate of drug-likeness (QED) is 0.153. The molecule has 9 N–H and O–H groups in total. The molecule has 234 valence electrons. The van der Waals surface area contributed by atoms with Crippen LogP contribution in [0.15, 0.2) is 24.3 Å². The molecule has 41 heavy (non-hydrogen) atoms. The fourth-order valence-corrected chi connectivity index (χ4v) is 4.50. The van der Waals surface area contributed by atoms with Crippen LogP contribution in [-0.2, 0) is 14.4 Å². The van der Waals surface area contributed by atoms with Gasteiger partial charge in [0.15, 0.2) is 0 Å². The number of aliphatic carboxylic acids is 2. The van der Waals surface area contributed by atoms with Crippen molar-refractivity contribution >= 4 is 29.8 Å². The van der Waals surface area contributed by atoms with E-state index in [-0.39, 0.29) is 5.91 Å². The number of unbranched alkanes of at least 4 members (excludes halogenated alkanes) is 1. The highest BCUT2D eigenvalue weighted by Gasteiger charge is 2.15. The van der Waals surface area contributed by atoms with E-state index in [1.165, 1.54) is 51.4 Å². The molecule has 0 saturated heterocycles. The Balaban J connectivity index is 0.000000535. The van der Waals surface area contributed by atoms with Crippen LogP contribution < -0.4 is 22.5 Å². The summed E-state index contributed by atoms with van der Waals surface area (Å²) in [5, 5.41) is 19.5. The normalized spacial score (nSPS) is 15.8. The largest absolute Gasteiger partial charge is 0.481 e. The standard InChI is InChI=1S/C11H13NO2.C8H14O2.C6H14N2O2.C6H13N/c1-2-3-11(14)12-10-6-4-9(8-13)5-7-10;9-8(10)6-7-4-2-1-3-5-7;7-4-2-1-3-5(8)6(9)10;7-6-4-2-1-3-5-6/h4-8H,2-3H2,1H3,(H,12,14);7H,1-6H2,(H,9,10);5H,1-4,7-8H2,(H,9,10);6H,1-5,7H2. The third kappa shape index (κ3) is 22.5. The van der Waals surface area contributed by atoms with Crippen molar-refractivity contribution in [2.24, 2.45) is 23.1 Å². The molecule has 1 aromatic carbocycles.